The van der Waals surface area contributed by atoms with Crippen LogP contribution < -0.4 is 0 Å². The second kappa shape index (κ2) is 4.32. The summed E-state index contributed by atoms with van der Waals surface area (Å²) in [5.41, 5.74) is 3.84. The van der Waals surface area contributed by atoms with Gasteiger partial charge in [-0.05, 0) is 36.1 Å². The molecule has 0 spiro atoms. The van der Waals surface area contributed by atoms with Gasteiger partial charge in [-0.3, -0.25) is 4.68 Å². The smallest absolute Gasteiger partial charge is 0.126 e. The highest BCUT2D eigenvalue weighted by atomic mass is 19.1. The van der Waals surface area contributed by atoms with Crippen molar-refractivity contribution in [2.24, 2.45) is 7.05 Å². The van der Waals surface area contributed by atoms with Crippen LogP contribution in [0, 0.1) is 12.7 Å². The van der Waals surface area contributed by atoms with Gasteiger partial charge in [-0.25, -0.2) is 4.39 Å². The molecule has 0 amide bonds. The van der Waals surface area contributed by atoms with Crippen LogP contribution in [0.15, 0.2) is 24.4 Å². The van der Waals surface area contributed by atoms with Gasteiger partial charge in [-0.2, -0.15) is 5.10 Å². The number of hydrogen-bond acceptors (Lipinski definition) is 1. The lowest BCUT2D eigenvalue weighted by Crippen LogP contribution is -1.94. The zero-order valence-corrected chi connectivity index (χ0v) is 10.7. The lowest BCUT2D eigenvalue weighted by atomic mass is 9.99. The van der Waals surface area contributed by atoms with E-state index in [9.17, 15) is 4.39 Å². The van der Waals surface area contributed by atoms with E-state index in [1.165, 1.54) is 6.07 Å². The summed E-state index contributed by atoms with van der Waals surface area (Å²) in [6, 6.07) is 5.20. The van der Waals surface area contributed by atoms with E-state index in [0.29, 0.717) is 11.5 Å². The summed E-state index contributed by atoms with van der Waals surface area (Å²) < 4.78 is 15.1. The molecule has 3 heteroatoms. The predicted octanol–water partition coefficient (Wildman–Crippen LogP) is 3.66. The highest BCUT2D eigenvalue weighted by molar-refractivity contribution is 5.66. The van der Waals surface area contributed by atoms with Crippen molar-refractivity contribution in [2.45, 2.75) is 26.7 Å². The van der Waals surface area contributed by atoms with Crippen LogP contribution in [-0.2, 0) is 7.05 Å². The van der Waals surface area contributed by atoms with Crippen LogP contribution in [0.25, 0.3) is 11.1 Å². The maximum absolute atomic E-state index is 13.3. The lowest BCUT2D eigenvalue weighted by molar-refractivity contribution is 0.619. The fourth-order valence-electron chi connectivity index (χ4n) is 1.97. The van der Waals surface area contributed by atoms with E-state index in [-0.39, 0.29) is 5.82 Å². The van der Waals surface area contributed by atoms with Gasteiger partial charge in [-0.15, -0.1) is 0 Å². The molecule has 0 saturated carbocycles. The number of aryl methyl sites for hydroxylation is 2. The molecule has 0 aliphatic carbocycles. The van der Waals surface area contributed by atoms with Gasteiger partial charge < -0.3 is 0 Å². The van der Waals surface area contributed by atoms with Crippen LogP contribution in [0.1, 0.15) is 31.0 Å². The van der Waals surface area contributed by atoms with Crippen LogP contribution in [0.5, 0.6) is 0 Å². The zero-order chi connectivity index (χ0) is 12.6. The first-order valence-corrected chi connectivity index (χ1v) is 5.79. The van der Waals surface area contributed by atoms with Crippen molar-refractivity contribution in [1.29, 1.82) is 0 Å². The van der Waals surface area contributed by atoms with E-state index in [1.807, 2.05) is 30.1 Å². The quantitative estimate of drug-likeness (QED) is 0.772. The second-order valence-electron chi connectivity index (χ2n) is 4.72. The average molecular weight is 232 g/mol. The third kappa shape index (κ3) is 2.23. The third-order valence-electron chi connectivity index (χ3n) is 2.87. The molecule has 0 aliphatic rings. The van der Waals surface area contributed by atoms with Gasteiger partial charge >= 0.3 is 0 Å². The molecule has 1 aromatic carbocycles. The van der Waals surface area contributed by atoms with Gasteiger partial charge in [0.2, 0.25) is 0 Å². The molecule has 0 fully saturated rings. The second-order valence-corrected chi connectivity index (χ2v) is 4.72. The Morgan fingerprint density at radius 1 is 1.29 bits per heavy atom. The first-order valence-electron chi connectivity index (χ1n) is 5.79. The van der Waals surface area contributed by atoms with E-state index in [4.69, 9.17) is 0 Å². The highest BCUT2D eigenvalue weighted by Gasteiger charge is 2.13. The molecule has 2 aromatic rings. The van der Waals surface area contributed by atoms with Crippen molar-refractivity contribution in [2.75, 3.05) is 0 Å². The van der Waals surface area contributed by atoms with Gasteiger partial charge in [0.25, 0.3) is 0 Å². The molecular formula is C14H17FN2. The zero-order valence-electron chi connectivity index (χ0n) is 10.7. The predicted molar refractivity (Wildman–Crippen MR) is 67.4 cm³/mol. The van der Waals surface area contributed by atoms with Gasteiger partial charge in [0.1, 0.15) is 5.82 Å². The highest BCUT2D eigenvalue weighted by Crippen LogP contribution is 2.28. The van der Waals surface area contributed by atoms with Crippen LogP contribution >= 0.6 is 0 Å². The summed E-state index contributed by atoms with van der Waals surface area (Å²) in [7, 11) is 1.91. The monoisotopic (exact) mass is 232 g/mol. The van der Waals surface area contributed by atoms with E-state index in [2.05, 4.69) is 18.9 Å². The molecule has 0 bridgehead atoms. The molecule has 1 heterocycles. The molecule has 90 valence electrons. The Hall–Kier alpha value is -1.64. The molecule has 17 heavy (non-hydrogen) atoms. The molecule has 1 aromatic heterocycles. The van der Waals surface area contributed by atoms with E-state index < -0.39 is 0 Å². The van der Waals surface area contributed by atoms with Crippen molar-refractivity contribution < 1.29 is 4.39 Å². The molecule has 0 N–H and O–H groups in total. The van der Waals surface area contributed by atoms with Crippen molar-refractivity contribution >= 4 is 0 Å². The SMILES string of the molecule is Cc1cc(-c2cn(C)nc2C(C)C)ccc1F. The Balaban J connectivity index is 2.55. The van der Waals surface area contributed by atoms with Gasteiger partial charge in [0.05, 0.1) is 5.69 Å². The number of halogens is 1. The Kier molecular flexibility index (Phi) is 3.01. The Bertz CT molecular complexity index is 541. The first-order chi connectivity index (χ1) is 7.99. The molecular weight excluding hydrogens is 215 g/mol. The number of rotatable bonds is 2. The minimum atomic E-state index is -0.163. The standard InChI is InChI=1S/C14H17FN2/c1-9(2)14-12(8-17(4)16-14)11-5-6-13(15)10(3)7-11/h5-9H,1-4H3. The summed E-state index contributed by atoms with van der Waals surface area (Å²) in [4.78, 5) is 0. The van der Waals surface area contributed by atoms with Crippen molar-refractivity contribution in [3.8, 4) is 11.1 Å². The number of hydrogen-bond donors (Lipinski definition) is 0. The summed E-state index contributed by atoms with van der Waals surface area (Å²) in [6.07, 6.45) is 1.99. The van der Waals surface area contributed by atoms with Gasteiger partial charge in [0.15, 0.2) is 0 Å². The molecule has 0 unspecified atom stereocenters. The van der Waals surface area contributed by atoms with Crippen LogP contribution in [-0.4, -0.2) is 9.78 Å². The maximum Gasteiger partial charge on any atom is 0.126 e. The summed E-state index contributed by atoms with van der Waals surface area (Å²) in [5, 5.41) is 4.46. The largest absolute Gasteiger partial charge is 0.275 e. The molecule has 0 saturated heterocycles. The minimum absolute atomic E-state index is 0.163. The summed E-state index contributed by atoms with van der Waals surface area (Å²) in [5.74, 6) is 0.195. The maximum atomic E-state index is 13.3. The fraction of sp³-hybridized carbons (Fsp3) is 0.357. The van der Waals surface area contributed by atoms with Crippen LogP contribution in [0.4, 0.5) is 4.39 Å². The summed E-state index contributed by atoms with van der Waals surface area (Å²) in [6.45, 7) is 6.01. The lowest BCUT2D eigenvalue weighted by Gasteiger charge is -2.06. The Labute approximate surface area is 101 Å². The van der Waals surface area contributed by atoms with E-state index in [0.717, 1.165) is 16.8 Å². The first kappa shape index (κ1) is 11.8. The number of aromatic nitrogens is 2. The molecule has 0 aliphatic heterocycles. The Morgan fingerprint density at radius 2 is 2.00 bits per heavy atom. The van der Waals surface area contributed by atoms with Gasteiger partial charge in [0, 0.05) is 18.8 Å². The molecule has 0 radical (unpaired) electrons. The molecule has 2 rings (SSSR count). The van der Waals surface area contributed by atoms with Crippen molar-refractivity contribution in [3.63, 3.8) is 0 Å². The van der Waals surface area contributed by atoms with Gasteiger partial charge in [-0.1, -0.05) is 19.9 Å². The van der Waals surface area contributed by atoms with Crippen LogP contribution in [0.3, 0.4) is 0 Å². The number of nitrogens with zero attached hydrogens (tertiary/aromatic N) is 2. The number of benzene rings is 1. The van der Waals surface area contributed by atoms with E-state index >= 15 is 0 Å². The van der Waals surface area contributed by atoms with Crippen LogP contribution in [0.2, 0.25) is 0 Å². The van der Waals surface area contributed by atoms with Crippen molar-refractivity contribution in [3.05, 3.63) is 41.5 Å². The van der Waals surface area contributed by atoms with Crippen molar-refractivity contribution in [1.82, 2.24) is 9.78 Å². The topological polar surface area (TPSA) is 17.8 Å². The average Bonchev–Trinajstić information content (AvgIpc) is 2.64. The molecule has 2 nitrogen and oxygen atoms in total. The fourth-order valence-corrected chi connectivity index (χ4v) is 1.97. The summed E-state index contributed by atoms with van der Waals surface area (Å²) >= 11 is 0. The minimum Gasteiger partial charge on any atom is -0.275 e. The molecule has 0 atom stereocenters. The third-order valence-corrected chi connectivity index (χ3v) is 2.87. The van der Waals surface area contributed by atoms with E-state index in [1.54, 1.807) is 6.92 Å². The Morgan fingerprint density at radius 3 is 2.59 bits per heavy atom. The normalized spacial score (nSPS) is 11.2.